The summed E-state index contributed by atoms with van der Waals surface area (Å²) in [6, 6.07) is 14.6. The number of rotatable bonds is 5. The van der Waals surface area contributed by atoms with Crippen molar-refractivity contribution in [3.05, 3.63) is 70.3 Å². The van der Waals surface area contributed by atoms with Crippen molar-refractivity contribution in [3.8, 4) is 11.3 Å². The van der Waals surface area contributed by atoms with Gasteiger partial charge in [0, 0.05) is 23.1 Å². The summed E-state index contributed by atoms with van der Waals surface area (Å²) in [5, 5.41) is 13.9. The van der Waals surface area contributed by atoms with E-state index >= 15 is 0 Å². The summed E-state index contributed by atoms with van der Waals surface area (Å²) in [5.41, 5.74) is 7.08. The van der Waals surface area contributed by atoms with Crippen LogP contribution < -0.4 is 11.1 Å². The SMILES string of the molecule is NC(=O)CNC(=O)c1cc(-c2ccc([N+](=O)[O-])cc2)nc2ccccc12. The number of para-hydroxylation sites is 1. The number of hydrogen-bond acceptors (Lipinski definition) is 5. The number of nitrogens with zero attached hydrogens (tertiary/aromatic N) is 2. The molecule has 130 valence electrons. The number of pyridine rings is 1. The number of primary amides is 1. The summed E-state index contributed by atoms with van der Waals surface area (Å²) in [7, 11) is 0. The molecule has 3 N–H and O–H groups in total. The molecule has 3 rings (SSSR count). The molecule has 2 amide bonds. The molecule has 0 aliphatic rings. The minimum atomic E-state index is -0.646. The Kier molecular flexibility index (Phi) is 4.57. The number of nitro benzene ring substituents is 1. The van der Waals surface area contributed by atoms with Crippen molar-refractivity contribution in [2.45, 2.75) is 0 Å². The molecule has 0 unspecified atom stereocenters. The molecular weight excluding hydrogens is 336 g/mol. The Balaban J connectivity index is 2.08. The van der Waals surface area contributed by atoms with Crippen LogP contribution in [0.5, 0.6) is 0 Å². The van der Waals surface area contributed by atoms with Gasteiger partial charge < -0.3 is 11.1 Å². The minimum Gasteiger partial charge on any atom is -0.368 e. The number of nitrogens with one attached hydrogen (secondary N) is 1. The highest BCUT2D eigenvalue weighted by atomic mass is 16.6. The molecule has 0 aliphatic carbocycles. The van der Waals surface area contributed by atoms with Crippen LogP contribution in [-0.2, 0) is 4.79 Å². The molecule has 1 aromatic heterocycles. The molecule has 0 saturated heterocycles. The van der Waals surface area contributed by atoms with E-state index in [0.29, 0.717) is 27.7 Å². The Morgan fingerprint density at radius 3 is 2.46 bits per heavy atom. The van der Waals surface area contributed by atoms with Crippen LogP contribution in [0.4, 0.5) is 5.69 Å². The zero-order valence-corrected chi connectivity index (χ0v) is 13.5. The first kappa shape index (κ1) is 17.0. The zero-order valence-electron chi connectivity index (χ0n) is 13.5. The molecule has 0 bridgehead atoms. The first-order valence-corrected chi connectivity index (χ1v) is 7.67. The van der Waals surface area contributed by atoms with Gasteiger partial charge in [0.2, 0.25) is 5.91 Å². The molecule has 0 fully saturated rings. The van der Waals surface area contributed by atoms with Crippen molar-refractivity contribution in [2.75, 3.05) is 6.54 Å². The number of benzene rings is 2. The average Bonchev–Trinajstić information content (AvgIpc) is 2.65. The number of non-ortho nitro benzene ring substituents is 1. The smallest absolute Gasteiger partial charge is 0.269 e. The number of hydrogen-bond donors (Lipinski definition) is 2. The lowest BCUT2D eigenvalue weighted by molar-refractivity contribution is -0.384. The number of amides is 2. The van der Waals surface area contributed by atoms with Crippen molar-refractivity contribution in [2.24, 2.45) is 5.73 Å². The predicted octanol–water partition coefficient (Wildman–Crippen LogP) is 2.03. The fraction of sp³-hybridized carbons (Fsp3) is 0.0556. The van der Waals surface area contributed by atoms with Gasteiger partial charge in [0.1, 0.15) is 0 Å². The lowest BCUT2D eigenvalue weighted by Gasteiger charge is -2.10. The van der Waals surface area contributed by atoms with E-state index in [9.17, 15) is 19.7 Å². The zero-order chi connectivity index (χ0) is 18.7. The van der Waals surface area contributed by atoms with E-state index in [4.69, 9.17) is 5.73 Å². The van der Waals surface area contributed by atoms with E-state index in [0.717, 1.165) is 0 Å². The van der Waals surface area contributed by atoms with Crippen molar-refractivity contribution in [3.63, 3.8) is 0 Å². The maximum atomic E-state index is 12.5. The molecule has 1 heterocycles. The molecule has 0 aliphatic heterocycles. The Hall–Kier alpha value is -3.81. The van der Waals surface area contributed by atoms with Gasteiger partial charge in [-0.3, -0.25) is 19.7 Å². The minimum absolute atomic E-state index is 0.0334. The predicted molar refractivity (Wildman–Crippen MR) is 95.4 cm³/mol. The standard InChI is InChI=1S/C18H14N4O4/c19-17(23)10-20-18(24)14-9-16(21-15-4-2-1-3-13(14)15)11-5-7-12(8-6-11)22(25)26/h1-9H,10H2,(H2,19,23)(H,20,24). The fourth-order valence-corrected chi connectivity index (χ4v) is 2.53. The molecular formula is C18H14N4O4. The molecule has 0 saturated carbocycles. The van der Waals surface area contributed by atoms with E-state index in [1.807, 2.05) is 0 Å². The van der Waals surface area contributed by atoms with Crippen LogP contribution in [0, 0.1) is 10.1 Å². The molecule has 8 heteroatoms. The van der Waals surface area contributed by atoms with Gasteiger partial charge in [0.05, 0.1) is 28.2 Å². The lowest BCUT2D eigenvalue weighted by atomic mass is 10.0. The van der Waals surface area contributed by atoms with Crippen LogP contribution in [0.1, 0.15) is 10.4 Å². The Labute approximate surface area is 147 Å². The van der Waals surface area contributed by atoms with Crippen LogP contribution in [0.25, 0.3) is 22.2 Å². The largest absolute Gasteiger partial charge is 0.368 e. The monoisotopic (exact) mass is 350 g/mol. The summed E-state index contributed by atoms with van der Waals surface area (Å²) in [6.45, 7) is -0.275. The van der Waals surface area contributed by atoms with Gasteiger partial charge in [-0.2, -0.15) is 0 Å². The maximum Gasteiger partial charge on any atom is 0.269 e. The van der Waals surface area contributed by atoms with Crippen LogP contribution >= 0.6 is 0 Å². The molecule has 8 nitrogen and oxygen atoms in total. The Bertz CT molecular complexity index is 1020. The number of aromatic nitrogens is 1. The van der Waals surface area contributed by atoms with Crippen LogP contribution in [0.2, 0.25) is 0 Å². The second-order valence-corrected chi connectivity index (χ2v) is 5.53. The topological polar surface area (TPSA) is 128 Å². The first-order chi connectivity index (χ1) is 12.5. The van der Waals surface area contributed by atoms with E-state index in [-0.39, 0.29) is 12.2 Å². The molecule has 2 aromatic carbocycles. The van der Waals surface area contributed by atoms with Gasteiger partial charge in [-0.15, -0.1) is 0 Å². The van der Waals surface area contributed by atoms with E-state index < -0.39 is 16.7 Å². The second kappa shape index (κ2) is 6.98. The molecule has 3 aromatic rings. The van der Waals surface area contributed by atoms with Gasteiger partial charge in [0.25, 0.3) is 11.6 Å². The molecule has 0 radical (unpaired) electrons. The number of nitro groups is 1. The Morgan fingerprint density at radius 2 is 1.81 bits per heavy atom. The van der Waals surface area contributed by atoms with Gasteiger partial charge in [0.15, 0.2) is 0 Å². The summed E-state index contributed by atoms with van der Waals surface area (Å²) in [6.07, 6.45) is 0. The number of carbonyl (C=O) groups excluding carboxylic acids is 2. The maximum absolute atomic E-state index is 12.5. The molecule has 0 spiro atoms. The first-order valence-electron chi connectivity index (χ1n) is 7.67. The summed E-state index contributed by atoms with van der Waals surface area (Å²) < 4.78 is 0. The van der Waals surface area contributed by atoms with Gasteiger partial charge in [-0.1, -0.05) is 18.2 Å². The highest BCUT2D eigenvalue weighted by Gasteiger charge is 2.15. The van der Waals surface area contributed by atoms with Crippen molar-refractivity contribution in [1.82, 2.24) is 10.3 Å². The lowest BCUT2D eigenvalue weighted by Crippen LogP contribution is -2.33. The summed E-state index contributed by atoms with van der Waals surface area (Å²) >= 11 is 0. The van der Waals surface area contributed by atoms with Crippen molar-refractivity contribution >= 4 is 28.4 Å². The molecule has 26 heavy (non-hydrogen) atoms. The normalized spacial score (nSPS) is 10.5. The number of nitrogens with two attached hydrogens (primary N) is 1. The number of fused-ring (bicyclic) bond motifs is 1. The van der Waals surface area contributed by atoms with E-state index in [1.165, 1.54) is 12.1 Å². The van der Waals surface area contributed by atoms with Crippen LogP contribution in [-0.4, -0.2) is 28.3 Å². The number of carbonyl (C=O) groups is 2. The van der Waals surface area contributed by atoms with Crippen molar-refractivity contribution < 1.29 is 14.5 Å². The highest BCUT2D eigenvalue weighted by Crippen LogP contribution is 2.26. The second-order valence-electron chi connectivity index (χ2n) is 5.53. The third-order valence-electron chi connectivity index (χ3n) is 3.76. The summed E-state index contributed by atoms with van der Waals surface area (Å²) in [4.78, 5) is 38.2. The molecule has 0 atom stereocenters. The van der Waals surface area contributed by atoms with Crippen LogP contribution in [0.15, 0.2) is 54.6 Å². The third-order valence-corrected chi connectivity index (χ3v) is 3.76. The average molecular weight is 350 g/mol. The van der Waals surface area contributed by atoms with Gasteiger partial charge in [-0.05, 0) is 24.3 Å². The van der Waals surface area contributed by atoms with Gasteiger partial charge in [-0.25, -0.2) is 4.98 Å². The van der Waals surface area contributed by atoms with Crippen LogP contribution in [0.3, 0.4) is 0 Å². The van der Waals surface area contributed by atoms with Crippen molar-refractivity contribution in [1.29, 1.82) is 0 Å². The van der Waals surface area contributed by atoms with Gasteiger partial charge >= 0.3 is 0 Å². The van der Waals surface area contributed by atoms with E-state index in [2.05, 4.69) is 10.3 Å². The third kappa shape index (κ3) is 3.48. The van der Waals surface area contributed by atoms with E-state index in [1.54, 1.807) is 42.5 Å². The fourth-order valence-electron chi connectivity index (χ4n) is 2.53. The summed E-state index contributed by atoms with van der Waals surface area (Å²) in [5.74, 6) is -1.10. The highest BCUT2D eigenvalue weighted by molar-refractivity contribution is 6.07. The Morgan fingerprint density at radius 1 is 1.12 bits per heavy atom. The quantitative estimate of drug-likeness (QED) is 0.537.